The summed E-state index contributed by atoms with van der Waals surface area (Å²) in [4.78, 5) is 20.7. The van der Waals surface area contributed by atoms with Crippen molar-refractivity contribution in [1.82, 2.24) is 19.6 Å². The van der Waals surface area contributed by atoms with E-state index >= 15 is 0 Å². The van der Waals surface area contributed by atoms with E-state index in [4.69, 9.17) is 5.10 Å². The molecule has 1 aromatic heterocycles. The van der Waals surface area contributed by atoms with Crippen LogP contribution in [0.15, 0.2) is 24.3 Å². The molecule has 1 aromatic carbocycles. The molecule has 0 N–H and O–H groups in total. The highest BCUT2D eigenvalue weighted by molar-refractivity contribution is 5.79. The van der Waals surface area contributed by atoms with Crippen LogP contribution in [0, 0.1) is 18.7 Å². The van der Waals surface area contributed by atoms with Gasteiger partial charge >= 0.3 is 0 Å². The van der Waals surface area contributed by atoms with Crippen LogP contribution in [0.25, 0.3) is 5.69 Å². The van der Waals surface area contributed by atoms with E-state index in [1.165, 1.54) is 6.07 Å². The minimum absolute atomic E-state index is 0.0886. The van der Waals surface area contributed by atoms with Crippen molar-refractivity contribution in [2.75, 3.05) is 37.6 Å². The number of rotatable bonds is 11. The summed E-state index contributed by atoms with van der Waals surface area (Å²) in [7, 11) is 0. The number of hydrogen-bond acceptors (Lipinski definition) is 4. The number of anilines is 1. The highest BCUT2D eigenvalue weighted by atomic mass is 19.1. The third kappa shape index (κ3) is 5.88. The number of hydrogen-bond donors (Lipinski definition) is 0. The van der Waals surface area contributed by atoms with Gasteiger partial charge in [0.05, 0.1) is 17.9 Å². The largest absolute Gasteiger partial charge is 0.354 e. The molecule has 4 rings (SSSR count). The molecule has 1 amide bonds. The van der Waals surface area contributed by atoms with Crippen LogP contribution >= 0.6 is 0 Å². The van der Waals surface area contributed by atoms with Gasteiger partial charge in [-0.05, 0) is 57.4 Å². The molecule has 2 fully saturated rings. The second-order valence-corrected chi connectivity index (χ2v) is 10.1. The van der Waals surface area contributed by atoms with Crippen molar-refractivity contribution in [3.05, 3.63) is 41.3 Å². The van der Waals surface area contributed by atoms with Gasteiger partial charge < -0.3 is 14.7 Å². The van der Waals surface area contributed by atoms with Gasteiger partial charge in [-0.1, -0.05) is 39.7 Å². The zero-order chi connectivity index (χ0) is 24.9. The average Bonchev–Trinajstić information content (AvgIpc) is 3.66. The van der Waals surface area contributed by atoms with Crippen molar-refractivity contribution >= 4 is 11.7 Å². The molecule has 192 valence electrons. The molecule has 0 bridgehead atoms. The Morgan fingerprint density at radius 2 is 1.91 bits per heavy atom. The number of amides is 1. The molecule has 2 aromatic rings. The average molecular weight is 484 g/mol. The maximum atomic E-state index is 14.2. The smallest absolute Gasteiger partial charge is 0.226 e. The predicted molar refractivity (Wildman–Crippen MR) is 139 cm³/mol. The number of halogens is 1. The first-order valence-electron chi connectivity index (χ1n) is 13.6. The minimum atomic E-state index is -0.268. The monoisotopic (exact) mass is 483 g/mol. The number of carbonyl (C=O) groups excluding carboxylic acids is 1. The highest BCUT2D eigenvalue weighted by Gasteiger charge is 2.37. The second-order valence-electron chi connectivity index (χ2n) is 10.1. The van der Waals surface area contributed by atoms with Crippen LogP contribution in [-0.2, 0) is 11.3 Å². The fourth-order valence-corrected chi connectivity index (χ4v) is 5.25. The number of piperazine rings is 1. The van der Waals surface area contributed by atoms with E-state index in [2.05, 4.69) is 35.5 Å². The molecular formula is C28H42FN5O. The van der Waals surface area contributed by atoms with E-state index < -0.39 is 0 Å². The van der Waals surface area contributed by atoms with Crippen LogP contribution in [-0.4, -0.2) is 64.3 Å². The summed E-state index contributed by atoms with van der Waals surface area (Å²) in [5, 5.41) is 4.90. The SMILES string of the molecule is CCCC[C@H](CC)C(=O)N(Cc1c(C)nn(-c2cccc(F)c2)c1N1CCN(CC)CC1)C1CC1. The Bertz CT molecular complexity index is 993. The summed E-state index contributed by atoms with van der Waals surface area (Å²) in [5.74, 6) is 1.13. The molecule has 0 unspecified atom stereocenters. The van der Waals surface area contributed by atoms with Gasteiger partial charge in [0.2, 0.25) is 5.91 Å². The van der Waals surface area contributed by atoms with Crippen molar-refractivity contribution in [3.63, 3.8) is 0 Å². The van der Waals surface area contributed by atoms with E-state index in [0.29, 0.717) is 18.5 Å². The van der Waals surface area contributed by atoms with Crippen molar-refractivity contribution < 1.29 is 9.18 Å². The highest BCUT2D eigenvalue weighted by Crippen LogP contribution is 2.35. The predicted octanol–water partition coefficient (Wildman–Crippen LogP) is 5.17. The lowest BCUT2D eigenvalue weighted by atomic mass is 9.97. The summed E-state index contributed by atoms with van der Waals surface area (Å²) in [6.45, 7) is 13.9. The quantitative estimate of drug-likeness (QED) is 0.442. The van der Waals surface area contributed by atoms with Crippen molar-refractivity contribution in [1.29, 1.82) is 0 Å². The first kappa shape index (κ1) is 25.7. The number of carbonyl (C=O) groups is 1. The molecule has 1 aliphatic carbocycles. The van der Waals surface area contributed by atoms with E-state index in [1.54, 1.807) is 12.1 Å². The molecule has 0 spiro atoms. The summed E-state index contributed by atoms with van der Waals surface area (Å²) in [6.07, 6.45) is 6.21. The number of benzene rings is 1. The molecule has 1 atom stereocenters. The molecule has 35 heavy (non-hydrogen) atoms. The Balaban J connectivity index is 1.69. The van der Waals surface area contributed by atoms with Crippen molar-refractivity contribution in [2.45, 2.75) is 78.8 Å². The third-order valence-corrected chi connectivity index (χ3v) is 7.68. The lowest BCUT2D eigenvalue weighted by Gasteiger charge is -2.36. The summed E-state index contributed by atoms with van der Waals surface area (Å²) < 4.78 is 16.1. The zero-order valence-electron chi connectivity index (χ0n) is 22.0. The Kier molecular flexibility index (Phi) is 8.47. The molecule has 1 aliphatic heterocycles. The maximum absolute atomic E-state index is 14.2. The number of aryl methyl sites for hydroxylation is 1. The maximum Gasteiger partial charge on any atom is 0.226 e. The third-order valence-electron chi connectivity index (χ3n) is 7.68. The van der Waals surface area contributed by atoms with Gasteiger partial charge in [0.1, 0.15) is 11.6 Å². The first-order chi connectivity index (χ1) is 17.0. The fraction of sp³-hybridized carbons (Fsp3) is 0.643. The van der Waals surface area contributed by atoms with E-state index in [-0.39, 0.29) is 11.7 Å². The topological polar surface area (TPSA) is 44.6 Å². The molecule has 1 saturated heterocycles. The molecule has 7 heteroatoms. The van der Waals surface area contributed by atoms with Crippen molar-refractivity contribution in [2.24, 2.45) is 5.92 Å². The van der Waals surface area contributed by atoms with Crippen LogP contribution in [0.4, 0.5) is 10.2 Å². The van der Waals surface area contributed by atoms with Gasteiger partial charge in [0, 0.05) is 43.7 Å². The Morgan fingerprint density at radius 3 is 2.51 bits per heavy atom. The molecular weight excluding hydrogens is 441 g/mol. The second kappa shape index (κ2) is 11.5. The molecule has 0 radical (unpaired) electrons. The number of nitrogens with zero attached hydrogens (tertiary/aromatic N) is 5. The standard InChI is InChI=1S/C28H42FN5O/c1-5-8-10-22(6-2)28(35)33(24-13-14-24)20-26-21(4)30-34(25-12-9-11-23(29)19-25)27(26)32-17-15-31(7-3)16-18-32/h9,11-12,19,22,24H,5-8,10,13-18,20H2,1-4H3/t22-/m0/s1. The van der Waals surface area contributed by atoms with Crippen LogP contribution in [0.1, 0.15) is 70.6 Å². The normalized spacial score (nSPS) is 17.6. The van der Waals surface area contributed by atoms with Crippen LogP contribution in [0.5, 0.6) is 0 Å². The van der Waals surface area contributed by atoms with Gasteiger partial charge in [-0.2, -0.15) is 5.10 Å². The zero-order valence-corrected chi connectivity index (χ0v) is 22.0. The number of likely N-dealkylation sites (N-methyl/N-ethyl adjacent to an activating group) is 1. The molecule has 2 heterocycles. The summed E-state index contributed by atoms with van der Waals surface area (Å²) >= 11 is 0. The number of unbranched alkanes of at least 4 members (excludes halogenated alkanes) is 1. The van der Waals surface area contributed by atoms with Gasteiger partial charge in [-0.25, -0.2) is 9.07 Å². The lowest BCUT2D eigenvalue weighted by Crippen LogP contribution is -2.47. The Hall–Kier alpha value is -2.41. The molecule has 2 aliphatic rings. The molecule has 6 nitrogen and oxygen atoms in total. The summed E-state index contributed by atoms with van der Waals surface area (Å²) in [5.41, 5.74) is 2.75. The van der Waals surface area contributed by atoms with Crippen LogP contribution in [0.3, 0.4) is 0 Å². The van der Waals surface area contributed by atoms with Crippen molar-refractivity contribution in [3.8, 4) is 5.69 Å². The summed E-state index contributed by atoms with van der Waals surface area (Å²) in [6, 6.07) is 6.99. The number of aromatic nitrogens is 2. The van der Waals surface area contributed by atoms with E-state index in [9.17, 15) is 9.18 Å². The Labute approximate surface area is 210 Å². The van der Waals surface area contributed by atoms with Crippen LogP contribution < -0.4 is 4.90 Å². The van der Waals surface area contributed by atoms with Crippen LogP contribution in [0.2, 0.25) is 0 Å². The minimum Gasteiger partial charge on any atom is -0.354 e. The van der Waals surface area contributed by atoms with Gasteiger partial charge in [-0.3, -0.25) is 4.79 Å². The first-order valence-corrected chi connectivity index (χ1v) is 13.6. The van der Waals surface area contributed by atoms with Gasteiger partial charge in [-0.15, -0.1) is 0 Å². The van der Waals surface area contributed by atoms with Gasteiger partial charge in [0.15, 0.2) is 0 Å². The Morgan fingerprint density at radius 1 is 1.17 bits per heavy atom. The van der Waals surface area contributed by atoms with Gasteiger partial charge in [0.25, 0.3) is 0 Å². The van der Waals surface area contributed by atoms with E-state index in [1.807, 2.05) is 17.7 Å². The fourth-order valence-electron chi connectivity index (χ4n) is 5.25. The lowest BCUT2D eigenvalue weighted by molar-refractivity contribution is -0.137. The van der Waals surface area contributed by atoms with E-state index in [0.717, 1.165) is 94.0 Å². The molecule has 1 saturated carbocycles.